The highest BCUT2D eigenvalue weighted by molar-refractivity contribution is 7.88. The minimum Gasteiger partial charge on any atom is -0.463 e. The second-order valence-corrected chi connectivity index (χ2v) is 11.0. The molecule has 0 aliphatic carbocycles. The number of carbonyl (C=O) groups excluding carboxylic acids is 1. The lowest BCUT2D eigenvalue weighted by molar-refractivity contribution is -0.139. The summed E-state index contributed by atoms with van der Waals surface area (Å²) in [6.07, 6.45) is 2.64. The van der Waals surface area contributed by atoms with Crippen LogP contribution in [0.15, 0.2) is 46.7 Å². The Balaban J connectivity index is 1.87. The van der Waals surface area contributed by atoms with E-state index < -0.39 is 39.5 Å². The number of hydrogen-bond donors (Lipinski definition) is 1. The van der Waals surface area contributed by atoms with Gasteiger partial charge < -0.3 is 10.1 Å². The molecule has 0 spiro atoms. The van der Waals surface area contributed by atoms with Crippen molar-refractivity contribution >= 4 is 33.4 Å². The fourth-order valence-corrected chi connectivity index (χ4v) is 5.60. The number of nitrogens with one attached hydrogen (secondary N) is 1. The van der Waals surface area contributed by atoms with E-state index in [4.69, 9.17) is 16.3 Å². The average molecular weight is 557 g/mol. The van der Waals surface area contributed by atoms with Crippen molar-refractivity contribution in [3.8, 4) is 0 Å². The van der Waals surface area contributed by atoms with Gasteiger partial charge in [0, 0.05) is 41.4 Å². The molecule has 2 aliphatic rings. The molecular formula is C24H24ClF3N4O4S. The number of amidine groups is 1. The van der Waals surface area contributed by atoms with E-state index in [0.717, 1.165) is 24.6 Å². The first-order valence-electron chi connectivity index (χ1n) is 11.5. The Kier molecular flexibility index (Phi) is 7.91. The number of rotatable bonds is 6. The second kappa shape index (κ2) is 10.8. The molecule has 8 nitrogen and oxygen atoms in total. The molecule has 1 atom stereocenters. The molecule has 13 heteroatoms. The number of aliphatic imine (C=N–C) groups is 1. The minimum absolute atomic E-state index is 0.0180. The van der Waals surface area contributed by atoms with Gasteiger partial charge >= 0.3 is 5.97 Å². The van der Waals surface area contributed by atoms with Crippen LogP contribution in [-0.4, -0.2) is 55.5 Å². The van der Waals surface area contributed by atoms with Crippen molar-refractivity contribution in [1.29, 1.82) is 0 Å². The summed E-state index contributed by atoms with van der Waals surface area (Å²) in [6.45, 7) is 2.08. The Morgan fingerprint density at radius 3 is 2.49 bits per heavy atom. The largest absolute Gasteiger partial charge is 0.463 e. The normalized spacial score (nSPS) is 19.4. The molecule has 3 heterocycles. The summed E-state index contributed by atoms with van der Waals surface area (Å²) >= 11 is 6.34. The van der Waals surface area contributed by atoms with Gasteiger partial charge in [-0.25, -0.2) is 35.7 Å². The number of hydrogen-bond acceptors (Lipinski definition) is 7. The molecule has 1 saturated heterocycles. The van der Waals surface area contributed by atoms with Crippen LogP contribution in [0.1, 0.15) is 37.1 Å². The van der Waals surface area contributed by atoms with Gasteiger partial charge in [0.2, 0.25) is 10.0 Å². The Hall–Kier alpha value is -2.96. The van der Waals surface area contributed by atoms with E-state index in [0.29, 0.717) is 24.6 Å². The molecule has 198 valence electrons. The summed E-state index contributed by atoms with van der Waals surface area (Å²) in [5.74, 6) is -3.64. The summed E-state index contributed by atoms with van der Waals surface area (Å²) in [4.78, 5) is 21.6. The van der Waals surface area contributed by atoms with Crippen LogP contribution >= 0.6 is 11.6 Å². The number of piperidine rings is 1. The molecule has 2 aliphatic heterocycles. The van der Waals surface area contributed by atoms with Crippen molar-refractivity contribution in [1.82, 2.24) is 14.6 Å². The molecule has 0 saturated carbocycles. The van der Waals surface area contributed by atoms with Crippen LogP contribution in [0.25, 0.3) is 0 Å². The van der Waals surface area contributed by atoms with Crippen molar-refractivity contribution in [3.05, 3.63) is 75.5 Å². The number of ether oxygens (including phenoxy) is 1. The molecule has 1 aromatic carbocycles. The molecule has 4 rings (SSSR count). The highest BCUT2D eigenvalue weighted by Crippen LogP contribution is 2.40. The topological polar surface area (TPSA) is 101 Å². The van der Waals surface area contributed by atoms with Gasteiger partial charge in [0.25, 0.3) is 0 Å². The zero-order chi connectivity index (χ0) is 26.9. The maximum atomic E-state index is 14.7. The third kappa shape index (κ3) is 5.81. The third-order valence-corrected chi connectivity index (χ3v) is 7.82. The highest BCUT2D eigenvalue weighted by atomic mass is 35.5. The summed E-state index contributed by atoms with van der Waals surface area (Å²) < 4.78 is 72.8. The summed E-state index contributed by atoms with van der Waals surface area (Å²) in [6, 6.07) is 3.12. The van der Waals surface area contributed by atoms with Crippen LogP contribution < -0.4 is 5.32 Å². The number of esters is 1. The quantitative estimate of drug-likeness (QED) is 0.544. The van der Waals surface area contributed by atoms with E-state index in [1.54, 1.807) is 6.92 Å². The van der Waals surface area contributed by atoms with Crippen LogP contribution in [0.5, 0.6) is 0 Å². The zero-order valence-electron chi connectivity index (χ0n) is 20.0. The van der Waals surface area contributed by atoms with Gasteiger partial charge in [-0.3, -0.25) is 4.99 Å². The Bertz CT molecular complexity index is 1390. The van der Waals surface area contributed by atoms with Gasteiger partial charge in [-0.2, -0.15) is 0 Å². The summed E-state index contributed by atoms with van der Waals surface area (Å²) in [7, 11) is -3.41. The number of sulfonamides is 1. The van der Waals surface area contributed by atoms with E-state index in [1.165, 1.54) is 10.4 Å². The lowest BCUT2D eigenvalue weighted by Crippen LogP contribution is -2.43. The van der Waals surface area contributed by atoms with Crippen molar-refractivity contribution in [2.45, 2.75) is 25.8 Å². The number of benzene rings is 1. The first kappa shape index (κ1) is 27.1. The second-order valence-electron chi connectivity index (χ2n) is 8.64. The van der Waals surface area contributed by atoms with Crippen LogP contribution in [0.3, 0.4) is 0 Å². The number of pyridine rings is 1. The predicted octanol–water partition coefficient (Wildman–Crippen LogP) is 3.73. The maximum Gasteiger partial charge on any atom is 0.338 e. The van der Waals surface area contributed by atoms with E-state index >= 15 is 0 Å². The minimum atomic E-state index is -3.41. The molecule has 0 bridgehead atoms. The van der Waals surface area contributed by atoms with Crippen molar-refractivity contribution in [3.63, 3.8) is 0 Å². The Morgan fingerprint density at radius 2 is 1.89 bits per heavy atom. The number of halogens is 4. The molecule has 0 radical (unpaired) electrons. The van der Waals surface area contributed by atoms with E-state index in [2.05, 4.69) is 15.3 Å². The number of carbonyl (C=O) groups is 1. The number of aromatic nitrogens is 1. The molecular weight excluding hydrogens is 533 g/mol. The standard InChI is InChI=1S/C24H24ClF3N4O4S/c1-3-36-24(33)19-20(13-6-8-32(9-7-13)37(2,34)35)30-23(22-18(28)11-15(27)12-29-22)31-21(19)16-5-4-14(26)10-17(16)25/h4-5,10-13,21H,3,6-9H2,1-2H3,(H,30,31). The fraction of sp³-hybridized carbons (Fsp3) is 0.375. The Morgan fingerprint density at radius 1 is 1.19 bits per heavy atom. The van der Waals surface area contributed by atoms with Gasteiger partial charge in [-0.1, -0.05) is 17.7 Å². The van der Waals surface area contributed by atoms with Crippen LogP contribution in [-0.2, 0) is 19.6 Å². The van der Waals surface area contributed by atoms with Gasteiger partial charge in [0.1, 0.15) is 23.4 Å². The van der Waals surface area contributed by atoms with E-state index in [-0.39, 0.29) is 53.3 Å². The van der Waals surface area contributed by atoms with Crippen LogP contribution in [0.2, 0.25) is 5.02 Å². The SMILES string of the molecule is CCOC(=O)C1=C(C2CCN(S(C)(=O)=O)CC2)NC(c2ncc(F)cc2F)=NC1c1ccc(F)cc1Cl. The van der Waals surface area contributed by atoms with E-state index in [9.17, 15) is 26.4 Å². The Labute approximate surface area is 217 Å². The van der Waals surface area contributed by atoms with Gasteiger partial charge in [-0.15, -0.1) is 0 Å². The van der Waals surface area contributed by atoms with Crippen LogP contribution in [0.4, 0.5) is 13.2 Å². The average Bonchev–Trinajstić information content (AvgIpc) is 2.83. The van der Waals surface area contributed by atoms with Crippen LogP contribution in [0, 0.1) is 23.4 Å². The monoisotopic (exact) mass is 556 g/mol. The lowest BCUT2D eigenvalue weighted by Gasteiger charge is -2.36. The first-order chi connectivity index (χ1) is 17.5. The van der Waals surface area contributed by atoms with Gasteiger partial charge in [-0.05, 0) is 31.9 Å². The summed E-state index contributed by atoms with van der Waals surface area (Å²) in [5, 5.41) is 2.97. The molecule has 1 fully saturated rings. The molecule has 2 aromatic rings. The van der Waals surface area contributed by atoms with Gasteiger partial charge in [0.15, 0.2) is 11.7 Å². The molecule has 1 unspecified atom stereocenters. The molecule has 37 heavy (non-hydrogen) atoms. The highest BCUT2D eigenvalue weighted by Gasteiger charge is 2.38. The molecule has 1 N–H and O–H groups in total. The third-order valence-electron chi connectivity index (χ3n) is 6.19. The van der Waals surface area contributed by atoms with Crippen molar-refractivity contribution < 1.29 is 31.1 Å². The maximum absolute atomic E-state index is 14.7. The number of nitrogens with zero attached hydrogens (tertiary/aromatic N) is 3. The van der Waals surface area contributed by atoms with Gasteiger partial charge in [0.05, 0.1) is 24.6 Å². The molecule has 1 aromatic heterocycles. The number of allylic oxidation sites excluding steroid dienone is 1. The molecule has 0 amide bonds. The summed E-state index contributed by atoms with van der Waals surface area (Å²) in [5.41, 5.74) is 0.393. The predicted molar refractivity (Wildman–Crippen MR) is 131 cm³/mol. The van der Waals surface area contributed by atoms with Crippen molar-refractivity contribution in [2.24, 2.45) is 10.9 Å². The first-order valence-corrected chi connectivity index (χ1v) is 13.7. The zero-order valence-corrected chi connectivity index (χ0v) is 21.5. The lowest BCUT2D eigenvalue weighted by atomic mass is 9.86. The fourth-order valence-electron chi connectivity index (χ4n) is 4.45. The smallest absolute Gasteiger partial charge is 0.338 e. The van der Waals surface area contributed by atoms with Crippen molar-refractivity contribution in [2.75, 3.05) is 26.0 Å². The van der Waals surface area contributed by atoms with E-state index in [1.807, 2.05) is 0 Å².